The number of anilines is 1. The van der Waals surface area contributed by atoms with Crippen LogP contribution in [-0.4, -0.2) is 39.2 Å². The second-order valence-electron chi connectivity index (χ2n) is 6.52. The van der Waals surface area contributed by atoms with Crippen LogP contribution in [0.15, 0.2) is 0 Å². The number of hydrogen-bond donors (Lipinski definition) is 1. The molecule has 0 spiro atoms. The summed E-state index contributed by atoms with van der Waals surface area (Å²) in [4.78, 5) is 14.7. The van der Waals surface area contributed by atoms with Gasteiger partial charge < -0.3 is 15.4 Å². The zero-order valence-electron chi connectivity index (χ0n) is 12.6. The van der Waals surface area contributed by atoms with E-state index in [1.54, 1.807) is 0 Å². The summed E-state index contributed by atoms with van der Waals surface area (Å²) in [6.45, 7) is 8.55. The van der Waals surface area contributed by atoms with Gasteiger partial charge in [-0.15, -0.1) is 0 Å². The van der Waals surface area contributed by atoms with Gasteiger partial charge in [0.05, 0.1) is 7.11 Å². The first-order valence-electron chi connectivity index (χ1n) is 6.67. The summed E-state index contributed by atoms with van der Waals surface area (Å²) in [5, 5.41) is 0.133. The molecule has 20 heavy (non-hydrogen) atoms. The minimum Gasteiger partial charge on any atom is -0.467 e. The van der Waals surface area contributed by atoms with Gasteiger partial charge >= 0.3 is 6.01 Å². The van der Waals surface area contributed by atoms with E-state index in [9.17, 15) is 0 Å². The summed E-state index contributed by atoms with van der Waals surface area (Å²) in [5.41, 5.74) is 5.84. The van der Waals surface area contributed by atoms with Gasteiger partial charge in [-0.1, -0.05) is 0 Å². The SMILES string of the molecule is COc1nc(Cl)nc(N2C(C)(C)CC(N)CC2(C)C)n1. The molecule has 0 unspecified atom stereocenters. The molecule has 2 rings (SSSR count). The molecular formula is C13H22ClN5O. The quantitative estimate of drug-likeness (QED) is 0.900. The molecule has 0 aromatic carbocycles. The number of nitrogens with zero attached hydrogens (tertiary/aromatic N) is 4. The Hall–Kier alpha value is -1.14. The monoisotopic (exact) mass is 299 g/mol. The molecule has 0 amide bonds. The third-order valence-electron chi connectivity index (χ3n) is 3.69. The molecular weight excluding hydrogens is 278 g/mol. The Morgan fingerprint density at radius 2 is 1.70 bits per heavy atom. The van der Waals surface area contributed by atoms with Crippen molar-refractivity contribution in [2.75, 3.05) is 12.0 Å². The van der Waals surface area contributed by atoms with Crippen molar-refractivity contribution in [3.05, 3.63) is 5.28 Å². The maximum atomic E-state index is 6.18. The first kappa shape index (κ1) is 15.3. The third-order valence-corrected chi connectivity index (χ3v) is 3.86. The van der Waals surface area contributed by atoms with Crippen LogP contribution in [0.5, 0.6) is 6.01 Å². The van der Waals surface area contributed by atoms with Crippen molar-refractivity contribution in [1.29, 1.82) is 0 Å². The fourth-order valence-corrected chi connectivity index (χ4v) is 3.56. The zero-order chi connectivity index (χ0) is 15.1. The number of hydrogen-bond acceptors (Lipinski definition) is 6. The van der Waals surface area contributed by atoms with Crippen molar-refractivity contribution in [1.82, 2.24) is 15.0 Å². The van der Waals surface area contributed by atoms with Crippen LogP contribution in [0.1, 0.15) is 40.5 Å². The molecule has 0 radical (unpaired) electrons. The Morgan fingerprint density at radius 3 is 2.20 bits per heavy atom. The summed E-state index contributed by atoms with van der Waals surface area (Å²) in [6, 6.07) is 0.386. The lowest BCUT2D eigenvalue weighted by molar-refractivity contribution is 0.215. The second kappa shape index (κ2) is 5.00. The number of methoxy groups -OCH3 is 1. The maximum Gasteiger partial charge on any atom is 0.322 e. The molecule has 1 fully saturated rings. The fourth-order valence-electron chi connectivity index (χ4n) is 3.41. The molecule has 1 aliphatic heterocycles. The van der Waals surface area contributed by atoms with E-state index in [4.69, 9.17) is 22.1 Å². The third kappa shape index (κ3) is 2.81. The van der Waals surface area contributed by atoms with Gasteiger partial charge in [0.25, 0.3) is 0 Å². The smallest absolute Gasteiger partial charge is 0.322 e. The number of ether oxygens (including phenoxy) is 1. The van der Waals surface area contributed by atoms with Crippen molar-refractivity contribution in [2.45, 2.75) is 57.7 Å². The molecule has 1 aromatic rings. The molecule has 112 valence electrons. The molecule has 0 aliphatic carbocycles. The number of rotatable bonds is 2. The van der Waals surface area contributed by atoms with Crippen LogP contribution < -0.4 is 15.4 Å². The zero-order valence-corrected chi connectivity index (χ0v) is 13.4. The lowest BCUT2D eigenvalue weighted by atomic mass is 9.77. The first-order chi connectivity index (χ1) is 9.15. The van der Waals surface area contributed by atoms with Crippen LogP contribution in [0.3, 0.4) is 0 Å². The van der Waals surface area contributed by atoms with E-state index in [1.807, 2.05) is 0 Å². The van der Waals surface area contributed by atoms with E-state index >= 15 is 0 Å². The van der Waals surface area contributed by atoms with Crippen molar-refractivity contribution in [3.8, 4) is 6.01 Å². The van der Waals surface area contributed by atoms with E-state index in [-0.39, 0.29) is 28.4 Å². The van der Waals surface area contributed by atoms with Crippen LogP contribution in [0.25, 0.3) is 0 Å². The van der Waals surface area contributed by atoms with Crippen LogP contribution in [0, 0.1) is 0 Å². The predicted molar refractivity (Wildman–Crippen MR) is 79.2 cm³/mol. The van der Waals surface area contributed by atoms with Gasteiger partial charge in [0.15, 0.2) is 0 Å². The second-order valence-corrected chi connectivity index (χ2v) is 6.86. The molecule has 0 atom stereocenters. The average Bonchev–Trinajstić information content (AvgIpc) is 2.23. The fraction of sp³-hybridized carbons (Fsp3) is 0.769. The van der Waals surface area contributed by atoms with Crippen LogP contribution in [0.2, 0.25) is 5.28 Å². The molecule has 7 heteroatoms. The van der Waals surface area contributed by atoms with Crippen LogP contribution in [-0.2, 0) is 0 Å². The van der Waals surface area contributed by atoms with Gasteiger partial charge in [-0.2, -0.15) is 15.0 Å². The molecule has 2 heterocycles. The normalized spacial score (nSPS) is 21.9. The van der Waals surface area contributed by atoms with Crippen molar-refractivity contribution < 1.29 is 4.74 Å². The Morgan fingerprint density at radius 1 is 1.15 bits per heavy atom. The summed E-state index contributed by atoms with van der Waals surface area (Å²) in [6.07, 6.45) is 1.73. The average molecular weight is 300 g/mol. The summed E-state index contributed by atoms with van der Waals surface area (Å²) in [7, 11) is 1.51. The van der Waals surface area contributed by atoms with E-state index in [1.165, 1.54) is 7.11 Å². The van der Waals surface area contributed by atoms with Crippen molar-refractivity contribution in [3.63, 3.8) is 0 Å². The van der Waals surface area contributed by atoms with Crippen LogP contribution in [0.4, 0.5) is 5.95 Å². The lowest BCUT2D eigenvalue weighted by Gasteiger charge is -2.54. The topological polar surface area (TPSA) is 77.2 Å². The molecule has 1 aromatic heterocycles. The Balaban J connectivity index is 2.50. The van der Waals surface area contributed by atoms with Gasteiger partial charge in [-0.05, 0) is 52.1 Å². The lowest BCUT2D eigenvalue weighted by Crippen LogP contribution is -2.64. The number of piperidine rings is 1. The largest absolute Gasteiger partial charge is 0.467 e. The predicted octanol–water partition coefficient (Wildman–Crippen LogP) is 2.02. The summed E-state index contributed by atoms with van der Waals surface area (Å²) < 4.78 is 5.09. The Labute approximate surface area is 124 Å². The van der Waals surface area contributed by atoms with Crippen LogP contribution >= 0.6 is 11.6 Å². The minimum absolute atomic E-state index is 0.133. The molecule has 1 aliphatic rings. The minimum atomic E-state index is -0.170. The molecule has 6 nitrogen and oxygen atoms in total. The van der Waals surface area contributed by atoms with Gasteiger partial charge in [0, 0.05) is 17.1 Å². The standard InChI is InChI=1S/C13H22ClN5O/c1-12(2)6-8(15)7-13(3,4)19(12)10-16-9(14)17-11(18-10)20-5/h8H,6-7,15H2,1-5H3. The van der Waals surface area contributed by atoms with E-state index in [0.717, 1.165) is 12.8 Å². The summed E-state index contributed by atoms with van der Waals surface area (Å²) in [5.74, 6) is 0.531. The van der Waals surface area contributed by atoms with Gasteiger partial charge in [-0.25, -0.2) is 0 Å². The highest BCUT2D eigenvalue weighted by molar-refractivity contribution is 6.28. The van der Waals surface area contributed by atoms with E-state index < -0.39 is 0 Å². The Kier molecular flexibility index (Phi) is 3.81. The maximum absolute atomic E-state index is 6.18. The van der Waals surface area contributed by atoms with Gasteiger partial charge in [0.2, 0.25) is 11.2 Å². The number of aromatic nitrogens is 3. The number of nitrogens with two attached hydrogens (primary N) is 1. The van der Waals surface area contributed by atoms with Crippen molar-refractivity contribution in [2.24, 2.45) is 5.73 Å². The van der Waals surface area contributed by atoms with Gasteiger partial charge in [0.1, 0.15) is 0 Å². The molecule has 0 saturated carbocycles. The molecule has 0 bridgehead atoms. The highest BCUT2D eigenvalue weighted by Crippen LogP contribution is 2.40. The Bertz CT molecular complexity index is 488. The van der Waals surface area contributed by atoms with E-state index in [0.29, 0.717) is 5.95 Å². The first-order valence-corrected chi connectivity index (χ1v) is 7.05. The van der Waals surface area contributed by atoms with E-state index in [2.05, 4.69) is 47.5 Å². The molecule has 1 saturated heterocycles. The summed E-state index contributed by atoms with van der Waals surface area (Å²) >= 11 is 5.97. The van der Waals surface area contributed by atoms with Gasteiger partial charge in [-0.3, -0.25) is 0 Å². The molecule has 2 N–H and O–H groups in total. The number of halogens is 1. The van der Waals surface area contributed by atoms with Crippen molar-refractivity contribution >= 4 is 17.5 Å². The highest BCUT2D eigenvalue weighted by Gasteiger charge is 2.46. The highest BCUT2D eigenvalue weighted by atomic mass is 35.5.